The van der Waals surface area contributed by atoms with Crippen LogP contribution in [0.2, 0.25) is 0 Å². The summed E-state index contributed by atoms with van der Waals surface area (Å²) < 4.78 is 5.26. The van der Waals surface area contributed by atoms with Crippen molar-refractivity contribution in [2.75, 3.05) is 48.4 Å². The summed E-state index contributed by atoms with van der Waals surface area (Å²) in [5.74, 6) is 1.65. The molecule has 3 heterocycles. The first-order valence-electron chi connectivity index (χ1n) is 9.28. The number of methoxy groups -OCH3 is 1. The molecule has 0 atom stereocenters. The predicted octanol–water partition coefficient (Wildman–Crippen LogP) is 1.85. The third kappa shape index (κ3) is 4.23. The van der Waals surface area contributed by atoms with Gasteiger partial charge in [-0.1, -0.05) is 12.1 Å². The van der Waals surface area contributed by atoms with Gasteiger partial charge in [-0.2, -0.15) is 0 Å². The fourth-order valence-corrected chi connectivity index (χ4v) is 3.11. The third-order valence-electron chi connectivity index (χ3n) is 4.65. The number of hydrogen-bond acceptors (Lipinski definition) is 8. The lowest BCUT2D eigenvalue weighted by molar-refractivity contribution is 0.102. The molecule has 0 saturated carbocycles. The first-order valence-corrected chi connectivity index (χ1v) is 9.28. The zero-order valence-electron chi connectivity index (χ0n) is 16.0. The predicted molar refractivity (Wildman–Crippen MR) is 109 cm³/mol. The average Bonchev–Trinajstić information content (AvgIpc) is 2.80. The Morgan fingerprint density at radius 3 is 2.10 bits per heavy atom. The van der Waals surface area contributed by atoms with Crippen LogP contribution in [0, 0.1) is 0 Å². The van der Waals surface area contributed by atoms with Gasteiger partial charge >= 0.3 is 0 Å². The molecule has 1 amide bonds. The van der Waals surface area contributed by atoms with E-state index in [-0.39, 0.29) is 5.91 Å². The molecule has 4 rings (SSSR count). The molecule has 1 aliphatic heterocycles. The summed E-state index contributed by atoms with van der Waals surface area (Å²) in [6.07, 6.45) is 6.57. The number of anilines is 3. The molecular weight excluding hydrogens is 370 g/mol. The molecule has 9 heteroatoms. The van der Waals surface area contributed by atoms with Gasteiger partial charge in [0.1, 0.15) is 5.75 Å². The van der Waals surface area contributed by atoms with Crippen LogP contribution in [0.4, 0.5) is 17.6 Å². The first-order chi connectivity index (χ1) is 14.2. The van der Waals surface area contributed by atoms with Crippen molar-refractivity contribution < 1.29 is 9.53 Å². The van der Waals surface area contributed by atoms with Crippen LogP contribution in [-0.4, -0.2) is 59.1 Å². The van der Waals surface area contributed by atoms with E-state index in [4.69, 9.17) is 4.74 Å². The van der Waals surface area contributed by atoms with Crippen LogP contribution < -0.4 is 19.9 Å². The van der Waals surface area contributed by atoms with Crippen LogP contribution in [-0.2, 0) is 0 Å². The quantitative estimate of drug-likeness (QED) is 0.704. The summed E-state index contributed by atoms with van der Waals surface area (Å²) in [4.78, 5) is 34.0. The molecule has 1 N–H and O–H groups in total. The molecule has 1 aromatic carbocycles. The molecule has 29 heavy (non-hydrogen) atoms. The summed E-state index contributed by atoms with van der Waals surface area (Å²) in [5, 5.41) is 2.82. The van der Waals surface area contributed by atoms with E-state index in [9.17, 15) is 4.79 Å². The van der Waals surface area contributed by atoms with Gasteiger partial charge in [0.25, 0.3) is 5.91 Å². The standard InChI is InChI=1S/C20H21N7O2/c1-29-17-6-3-2-5-16(17)25-18(28)15-13-23-20(24-14-15)27-11-9-26(10-12-27)19-21-7-4-8-22-19/h2-8,13-14H,9-12H2,1H3,(H,25,28). The highest BCUT2D eigenvalue weighted by Crippen LogP contribution is 2.23. The van der Waals surface area contributed by atoms with Crippen molar-refractivity contribution in [3.05, 3.63) is 60.7 Å². The normalized spacial score (nSPS) is 13.8. The van der Waals surface area contributed by atoms with E-state index >= 15 is 0 Å². The SMILES string of the molecule is COc1ccccc1NC(=O)c1cnc(N2CCN(c3ncccn3)CC2)nc1. The number of aromatic nitrogens is 4. The zero-order chi connectivity index (χ0) is 20.1. The Labute approximate surface area is 168 Å². The second-order valence-electron chi connectivity index (χ2n) is 6.45. The average molecular weight is 391 g/mol. The number of nitrogens with zero attached hydrogens (tertiary/aromatic N) is 6. The minimum Gasteiger partial charge on any atom is -0.495 e. The largest absolute Gasteiger partial charge is 0.495 e. The molecule has 3 aromatic rings. The molecule has 0 bridgehead atoms. The summed E-state index contributed by atoms with van der Waals surface area (Å²) in [6.45, 7) is 3.07. The number of para-hydroxylation sites is 2. The van der Waals surface area contributed by atoms with Gasteiger partial charge in [-0.25, -0.2) is 19.9 Å². The van der Waals surface area contributed by atoms with E-state index in [1.165, 1.54) is 0 Å². The van der Waals surface area contributed by atoms with Crippen molar-refractivity contribution in [3.63, 3.8) is 0 Å². The van der Waals surface area contributed by atoms with Gasteiger partial charge in [0.15, 0.2) is 0 Å². The molecule has 0 unspecified atom stereocenters. The van der Waals surface area contributed by atoms with Crippen molar-refractivity contribution in [2.45, 2.75) is 0 Å². The van der Waals surface area contributed by atoms with Crippen molar-refractivity contribution in [3.8, 4) is 5.75 Å². The van der Waals surface area contributed by atoms with Gasteiger partial charge in [0.2, 0.25) is 11.9 Å². The number of piperazine rings is 1. The number of benzene rings is 1. The lowest BCUT2D eigenvalue weighted by atomic mass is 10.2. The van der Waals surface area contributed by atoms with Gasteiger partial charge in [-0.05, 0) is 18.2 Å². The minimum atomic E-state index is -0.285. The first kappa shape index (κ1) is 18.6. The monoisotopic (exact) mass is 391 g/mol. The summed E-state index contributed by atoms with van der Waals surface area (Å²) in [5.41, 5.74) is 0.985. The third-order valence-corrected chi connectivity index (χ3v) is 4.65. The lowest BCUT2D eigenvalue weighted by Gasteiger charge is -2.34. The molecule has 0 radical (unpaired) electrons. The maximum absolute atomic E-state index is 12.5. The molecular formula is C20H21N7O2. The van der Waals surface area contributed by atoms with E-state index in [0.29, 0.717) is 22.9 Å². The summed E-state index contributed by atoms with van der Waals surface area (Å²) in [6, 6.07) is 9.05. The van der Waals surface area contributed by atoms with E-state index in [1.54, 1.807) is 50.1 Å². The minimum absolute atomic E-state index is 0.285. The number of carbonyl (C=O) groups is 1. The molecule has 1 saturated heterocycles. The number of ether oxygens (including phenoxy) is 1. The van der Waals surface area contributed by atoms with Gasteiger partial charge in [0, 0.05) is 51.0 Å². The molecule has 2 aromatic heterocycles. The van der Waals surface area contributed by atoms with Crippen LogP contribution in [0.15, 0.2) is 55.1 Å². The second kappa shape index (κ2) is 8.51. The molecule has 148 valence electrons. The molecule has 1 fully saturated rings. The Morgan fingerprint density at radius 1 is 0.897 bits per heavy atom. The number of nitrogens with one attached hydrogen (secondary N) is 1. The molecule has 9 nitrogen and oxygen atoms in total. The van der Waals surface area contributed by atoms with E-state index in [2.05, 4.69) is 35.1 Å². The fourth-order valence-electron chi connectivity index (χ4n) is 3.11. The van der Waals surface area contributed by atoms with Crippen LogP contribution >= 0.6 is 0 Å². The molecule has 0 spiro atoms. The van der Waals surface area contributed by atoms with Gasteiger partial charge in [-0.15, -0.1) is 0 Å². The molecule has 1 aliphatic rings. The van der Waals surface area contributed by atoms with Crippen LogP contribution in [0.5, 0.6) is 5.75 Å². The van der Waals surface area contributed by atoms with Crippen LogP contribution in [0.25, 0.3) is 0 Å². The Bertz CT molecular complexity index is 958. The Hall–Kier alpha value is -3.75. The number of rotatable bonds is 5. The van der Waals surface area contributed by atoms with Gasteiger partial charge in [0.05, 0.1) is 18.4 Å². The summed E-state index contributed by atoms with van der Waals surface area (Å²) >= 11 is 0. The maximum Gasteiger partial charge on any atom is 0.258 e. The zero-order valence-corrected chi connectivity index (χ0v) is 16.0. The van der Waals surface area contributed by atoms with Crippen LogP contribution in [0.3, 0.4) is 0 Å². The Morgan fingerprint density at radius 2 is 1.48 bits per heavy atom. The van der Waals surface area contributed by atoms with Crippen molar-refractivity contribution in [2.24, 2.45) is 0 Å². The second-order valence-corrected chi connectivity index (χ2v) is 6.45. The van der Waals surface area contributed by atoms with Crippen molar-refractivity contribution in [1.82, 2.24) is 19.9 Å². The topological polar surface area (TPSA) is 96.4 Å². The van der Waals surface area contributed by atoms with Gasteiger partial charge in [-0.3, -0.25) is 4.79 Å². The number of carbonyl (C=O) groups excluding carboxylic acids is 1. The highest BCUT2D eigenvalue weighted by atomic mass is 16.5. The van der Waals surface area contributed by atoms with Crippen molar-refractivity contribution >= 4 is 23.5 Å². The highest BCUT2D eigenvalue weighted by molar-refractivity contribution is 6.04. The smallest absolute Gasteiger partial charge is 0.258 e. The molecule has 0 aliphatic carbocycles. The van der Waals surface area contributed by atoms with E-state index in [0.717, 1.165) is 32.1 Å². The number of amides is 1. The Balaban J connectivity index is 1.37. The van der Waals surface area contributed by atoms with E-state index in [1.807, 2.05) is 12.1 Å². The Kier molecular flexibility index (Phi) is 5.46. The lowest BCUT2D eigenvalue weighted by Crippen LogP contribution is -2.47. The van der Waals surface area contributed by atoms with E-state index < -0.39 is 0 Å². The fraction of sp³-hybridized carbons (Fsp3) is 0.250. The highest BCUT2D eigenvalue weighted by Gasteiger charge is 2.21. The van der Waals surface area contributed by atoms with Gasteiger partial charge < -0.3 is 19.9 Å². The van der Waals surface area contributed by atoms with Crippen LogP contribution in [0.1, 0.15) is 10.4 Å². The maximum atomic E-state index is 12.5. The number of hydrogen-bond donors (Lipinski definition) is 1. The summed E-state index contributed by atoms with van der Waals surface area (Å²) in [7, 11) is 1.56. The van der Waals surface area contributed by atoms with Crippen molar-refractivity contribution in [1.29, 1.82) is 0 Å².